The van der Waals surface area contributed by atoms with Gasteiger partial charge < -0.3 is 10.1 Å². The van der Waals surface area contributed by atoms with Crippen LogP contribution in [-0.4, -0.2) is 36.0 Å². The van der Waals surface area contributed by atoms with Crippen molar-refractivity contribution in [3.8, 4) is 5.75 Å². The number of nitrogens with zero attached hydrogens (tertiary/aromatic N) is 1. The first-order chi connectivity index (χ1) is 9.97. The highest BCUT2D eigenvalue weighted by Gasteiger charge is 2.37. The molecule has 0 aromatic heterocycles. The van der Waals surface area contributed by atoms with Crippen molar-refractivity contribution >= 4 is 23.5 Å². The highest BCUT2D eigenvalue weighted by Crippen LogP contribution is 2.18. The van der Waals surface area contributed by atoms with Gasteiger partial charge in [0.05, 0.1) is 6.54 Å². The average Bonchev–Trinajstić information content (AvgIpc) is 2.65. The normalized spacial score (nSPS) is 18.3. The number of urea groups is 1. The molecule has 1 saturated heterocycles. The van der Waals surface area contributed by atoms with Gasteiger partial charge in [0.2, 0.25) is 0 Å². The van der Waals surface area contributed by atoms with E-state index in [0.29, 0.717) is 23.1 Å². The molecule has 1 fully saturated rings. The third kappa shape index (κ3) is 4.11. The predicted molar refractivity (Wildman–Crippen MR) is 80.4 cm³/mol. The number of ether oxygens (including phenoxy) is 1. The third-order valence-corrected chi connectivity index (χ3v) is 3.43. The first-order valence-electron chi connectivity index (χ1n) is 6.97. The van der Waals surface area contributed by atoms with E-state index in [1.54, 1.807) is 24.3 Å². The van der Waals surface area contributed by atoms with E-state index in [9.17, 15) is 9.59 Å². The molecule has 2 rings (SSSR count). The Labute approximate surface area is 129 Å². The van der Waals surface area contributed by atoms with Crippen molar-refractivity contribution in [1.82, 2.24) is 10.2 Å². The number of halogens is 1. The van der Waals surface area contributed by atoms with Crippen molar-refractivity contribution in [3.05, 3.63) is 29.3 Å². The van der Waals surface area contributed by atoms with Gasteiger partial charge in [0.15, 0.2) is 0 Å². The first kappa shape index (κ1) is 15.6. The quantitative estimate of drug-likeness (QED) is 0.822. The lowest BCUT2D eigenvalue weighted by molar-refractivity contribution is -0.128. The summed E-state index contributed by atoms with van der Waals surface area (Å²) in [5.74, 6) is 0.790. The Morgan fingerprint density at radius 1 is 1.38 bits per heavy atom. The van der Waals surface area contributed by atoms with Crippen molar-refractivity contribution in [1.29, 1.82) is 0 Å². The standard InChI is InChI=1S/C15H19ClN2O3/c1-10(2)8-13-14(19)18(15(20)17-13)6-7-21-12-5-3-4-11(16)9-12/h3-5,9-10,13H,6-8H2,1-2H3,(H,17,20)/t13-/m1/s1. The Hall–Kier alpha value is -1.75. The summed E-state index contributed by atoms with van der Waals surface area (Å²) >= 11 is 5.86. The van der Waals surface area contributed by atoms with Gasteiger partial charge in [-0.2, -0.15) is 0 Å². The van der Waals surface area contributed by atoms with E-state index in [2.05, 4.69) is 5.32 Å². The zero-order chi connectivity index (χ0) is 15.4. The van der Waals surface area contributed by atoms with Gasteiger partial charge in [0, 0.05) is 5.02 Å². The second-order valence-corrected chi connectivity index (χ2v) is 5.86. The zero-order valence-corrected chi connectivity index (χ0v) is 12.9. The van der Waals surface area contributed by atoms with Crippen LogP contribution in [-0.2, 0) is 4.79 Å². The Balaban J connectivity index is 1.85. The molecule has 0 saturated carbocycles. The molecule has 5 nitrogen and oxygen atoms in total. The highest BCUT2D eigenvalue weighted by molar-refractivity contribution is 6.30. The maximum Gasteiger partial charge on any atom is 0.324 e. The number of rotatable bonds is 6. The van der Waals surface area contributed by atoms with E-state index < -0.39 is 6.04 Å². The molecule has 0 spiro atoms. The summed E-state index contributed by atoms with van der Waals surface area (Å²) in [6, 6.07) is 6.24. The van der Waals surface area contributed by atoms with Crippen LogP contribution in [0.4, 0.5) is 4.79 Å². The third-order valence-electron chi connectivity index (χ3n) is 3.19. The fourth-order valence-corrected chi connectivity index (χ4v) is 2.41. The number of hydrogen-bond donors (Lipinski definition) is 1. The van der Waals surface area contributed by atoms with E-state index in [1.165, 1.54) is 4.90 Å². The van der Waals surface area contributed by atoms with Crippen molar-refractivity contribution in [2.24, 2.45) is 5.92 Å². The molecule has 21 heavy (non-hydrogen) atoms. The van der Waals surface area contributed by atoms with Gasteiger partial charge in [-0.25, -0.2) is 4.79 Å². The SMILES string of the molecule is CC(C)C[C@H]1NC(=O)N(CCOc2cccc(Cl)c2)C1=O. The van der Waals surface area contributed by atoms with Gasteiger partial charge in [0.1, 0.15) is 18.4 Å². The maximum absolute atomic E-state index is 12.1. The summed E-state index contributed by atoms with van der Waals surface area (Å²) in [5.41, 5.74) is 0. The number of carbonyl (C=O) groups is 2. The molecule has 1 aromatic rings. The van der Waals surface area contributed by atoms with Crippen LogP contribution < -0.4 is 10.1 Å². The van der Waals surface area contributed by atoms with Crippen LogP contribution in [0.3, 0.4) is 0 Å². The Kier molecular flexibility index (Phi) is 5.07. The molecule has 1 heterocycles. The number of nitrogens with one attached hydrogen (secondary N) is 1. The van der Waals surface area contributed by atoms with E-state index in [1.807, 2.05) is 13.8 Å². The van der Waals surface area contributed by atoms with E-state index in [4.69, 9.17) is 16.3 Å². The number of hydrogen-bond acceptors (Lipinski definition) is 3. The molecule has 1 atom stereocenters. The molecule has 3 amide bonds. The lowest BCUT2D eigenvalue weighted by atomic mass is 10.0. The zero-order valence-electron chi connectivity index (χ0n) is 12.1. The van der Waals surface area contributed by atoms with Crippen LogP contribution in [0.5, 0.6) is 5.75 Å². The molecule has 6 heteroatoms. The van der Waals surface area contributed by atoms with Gasteiger partial charge in [-0.05, 0) is 30.5 Å². The van der Waals surface area contributed by atoms with Gasteiger partial charge in [-0.1, -0.05) is 31.5 Å². The van der Waals surface area contributed by atoms with Crippen molar-refractivity contribution < 1.29 is 14.3 Å². The molecule has 1 aliphatic rings. The molecular weight excluding hydrogens is 292 g/mol. The Bertz CT molecular complexity index is 533. The molecule has 0 bridgehead atoms. The predicted octanol–water partition coefficient (Wildman–Crippen LogP) is 2.69. The van der Waals surface area contributed by atoms with Gasteiger partial charge in [0.25, 0.3) is 5.91 Å². The monoisotopic (exact) mass is 310 g/mol. The summed E-state index contributed by atoms with van der Waals surface area (Å²) in [6.07, 6.45) is 0.649. The van der Waals surface area contributed by atoms with Gasteiger partial charge in [-0.15, -0.1) is 0 Å². The second kappa shape index (κ2) is 6.80. The molecule has 114 valence electrons. The summed E-state index contributed by atoms with van der Waals surface area (Å²) in [6.45, 7) is 4.51. The summed E-state index contributed by atoms with van der Waals surface area (Å²) in [7, 11) is 0. The van der Waals surface area contributed by atoms with Crippen LogP contribution in [0.15, 0.2) is 24.3 Å². The number of imide groups is 1. The van der Waals surface area contributed by atoms with Crippen LogP contribution in [0.2, 0.25) is 5.02 Å². The van der Waals surface area contributed by atoms with E-state index >= 15 is 0 Å². The second-order valence-electron chi connectivity index (χ2n) is 5.43. The summed E-state index contributed by atoms with van der Waals surface area (Å²) < 4.78 is 5.50. The number of benzene rings is 1. The minimum atomic E-state index is -0.413. The number of carbonyl (C=O) groups excluding carboxylic acids is 2. The molecule has 1 aromatic carbocycles. The van der Waals surface area contributed by atoms with E-state index in [0.717, 1.165) is 0 Å². The minimum absolute atomic E-state index is 0.177. The summed E-state index contributed by atoms with van der Waals surface area (Å²) in [5, 5.41) is 3.29. The van der Waals surface area contributed by atoms with Gasteiger partial charge >= 0.3 is 6.03 Å². The maximum atomic E-state index is 12.1. The Morgan fingerprint density at radius 3 is 2.81 bits per heavy atom. The topological polar surface area (TPSA) is 58.6 Å². The number of amides is 3. The van der Waals surface area contributed by atoms with Gasteiger partial charge in [-0.3, -0.25) is 9.69 Å². The van der Waals surface area contributed by atoms with Crippen molar-refractivity contribution in [3.63, 3.8) is 0 Å². The average molecular weight is 311 g/mol. The molecule has 0 radical (unpaired) electrons. The molecule has 1 aliphatic heterocycles. The molecule has 0 unspecified atom stereocenters. The fraction of sp³-hybridized carbons (Fsp3) is 0.467. The lowest BCUT2D eigenvalue weighted by Crippen LogP contribution is -2.35. The molecule has 0 aliphatic carbocycles. The van der Waals surface area contributed by atoms with Crippen molar-refractivity contribution in [2.75, 3.05) is 13.2 Å². The first-order valence-corrected chi connectivity index (χ1v) is 7.35. The van der Waals surface area contributed by atoms with Crippen molar-refractivity contribution in [2.45, 2.75) is 26.3 Å². The van der Waals surface area contributed by atoms with Crippen LogP contribution in [0.1, 0.15) is 20.3 Å². The van der Waals surface area contributed by atoms with Crippen LogP contribution in [0, 0.1) is 5.92 Å². The Morgan fingerprint density at radius 2 is 2.14 bits per heavy atom. The molecule has 1 N–H and O–H groups in total. The van der Waals surface area contributed by atoms with Crippen LogP contribution >= 0.6 is 11.6 Å². The smallest absolute Gasteiger partial charge is 0.324 e. The van der Waals surface area contributed by atoms with E-state index in [-0.39, 0.29) is 25.1 Å². The fourth-order valence-electron chi connectivity index (χ4n) is 2.23. The summed E-state index contributed by atoms with van der Waals surface area (Å²) in [4.78, 5) is 25.1. The molecular formula is C15H19ClN2O3. The highest BCUT2D eigenvalue weighted by atomic mass is 35.5. The van der Waals surface area contributed by atoms with Crippen LogP contribution in [0.25, 0.3) is 0 Å². The minimum Gasteiger partial charge on any atom is -0.492 e. The largest absolute Gasteiger partial charge is 0.492 e. The lowest BCUT2D eigenvalue weighted by Gasteiger charge is -2.14.